The van der Waals surface area contributed by atoms with Gasteiger partial charge in [-0.05, 0) is 34.9 Å². The number of carbonyl (C=O) groups is 1. The highest BCUT2D eigenvalue weighted by molar-refractivity contribution is 5.87. The molecule has 0 unspecified atom stereocenters. The van der Waals surface area contributed by atoms with Gasteiger partial charge in [-0.1, -0.05) is 30.3 Å². The largest absolute Gasteiger partial charge is 0.504 e. The summed E-state index contributed by atoms with van der Waals surface area (Å²) in [7, 11) is 1.44. The van der Waals surface area contributed by atoms with Crippen molar-refractivity contribution in [2.75, 3.05) is 7.11 Å². The zero-order chi connectivity index (χ0) is 18.9. The Morgan fingerprint density at radius 3 is 2.42 bits per heavy atom. The molecule has 2 aromatic carbocycles. The average molecular weight is 359 g/mol. The number of aromatic hydroxyl groups is 1. The van der Waals surface area contributed by atoms with Gasteiger partial charge >= 0.3 is 5.97 Å². The zero-order valence-electron chi connectivity index (χ0n) is 14.0. The molecule has 0 atom stereocenters. The Morgan fingerprint density at radius 1 is 1.15 bits per heavy atom. The Hall–Kier alpha value is -3.55. The maximum Gasteiger partial charge on any atom is 0.331 e. The summed E-state index contributed by atoms with van der Waals surface area (Å²) in [6.45, 7) is -0.0651. The molecule has 0 saturated carbocycles. The van der Waals surface area contributed by atoms with Gasteiger partial charge in [0.15, 0.2) is 11.5 Å². The lowest BCUT2D eigenvalue weighted by atomic mass is 10.1. The van der Waals surface area contributed by atoms with Gasteiger partial charge in [-0.15, -0.1) is 10.1 Å². The van der Waals surface area contributed by atoms with Crippen molar-refractivity contribution in [1.29, 1.82) is 0 Å². The van der Waals surface area contributed by atoms with E-state index in [9.17, 15) is 20.0 Å². The number of ether oxygens (including phenoxy) is 2. The molecule has 0 bridgehead atoms. The van der Waals surface area contributed by atoms with Gasteiger partial charge in [0.1, 0.15) is 13.2 Å². The molecule has 0 aromatic heterocycles. The first-order valence-electron chi connectivity index (χ1n) is 7.55. The molecular weight excluding hydrogens is 342 g/mol. The lowest BCUT2D eigenvalue weighted by molar-refractivity contribution is -0.763. The van der Waals surface area contributed by atoms with Crippen molar-refractivity contribution >= 4 is 12.0 Å². The molecule has 8 nitrogen and oxygen atoms in total. The second kappa shape index (κ2) is 9.07. The Labute approximate surface area is 149 Å². The van der Waals surface area contributed by atoms with E-state index in [0.717, 1.165) is 5.56 Å². The van der Waals surface area contributed by atoms with Gasteiger partial charge in [-0.3, -0.25) is 0 Å². The van der Waals surface area contributed by atoms with Crippen LogP contribution in [0, 0.1) is 10.1 Å². The number of hydrogen-bond donors (Lipinski definition) is 1. The maximum atomic E-state index is 11.8. The maximum absolute atomic E-state index is 11.8. The molecule has 26 heavy (non-hydrogen) atoms. The van der Waals surface area contributed by atoms with E-state index >= 15 is 0 Å². The van der Waals surface area contributed by atoms with E-state index in [1.54, 1.807) is 42.5 Å². The number of rotatable bonds is 8. The number of benzene rings is 2. The number of nitrogens with zero attached hydrogens (tertiary/aromatic N) is 1. The van der Waals surface area contributed by atoms with Gasteiger partial charge in [0, 0.05) is 6.08 Å². The molecule has 0 aliphatic heterocycles. The fourth-order valence-electron chi connectivity index (χ4n) is 2.02. The molecule has 2 rings (SSSR count). The van der Waals surface area contributed by atoms with Crippen LogP contribution in [0.5, 0.6) is 11.5 Å². The van der Waals surface area contributed by atoms with Crippen LogP contribution in [0.3, 0.4) is 0 Å². The average Bonchev–Trinajstić information content (AvgIpc) is 2.64. The van der Waals surface area contributed by atoms with Crippen LogP contribution in [0.1, 0.15) is 16.7 Å². The summed E-state index contributed by atoms with van der Waals surface area (Å²) in [6, 6.07) is 11.4. The van der Waals surface area contributed by atoms with Crippen LogP contribution in [0.15, 0.2) is 48.5 Å². The number of esters is 1. The Bertz CT molecular complexity index is 800. The standard InChI is InChI=1S/C18H17NO7/c1-24-17-10-13(6-8-16(17)20)7-9-18(21)25-11-14-2-4-15(5-3-14)12-26-19(22)23/h2-10,20H,11-12H2,1H3. The van der Waals surface area contributed by atoms with Gasteiger partial charge < -0.3 is 19.4 Å². The summed E-state index contributed by atoms with van der Waals surface area (Å²) in [4.78, 5) is 26.2. The molecule has 0 amide bonds. The summed E-state index contributed by atoms with van der Waals surface area (Å²) in [5.74, 6) is -0.209. The molecule has 8 heteroatoms. The Kier molecular flexibility index (Phi) is 6.55. The van der Waals surface area contributed by atoms with Crippen molar-refractivity contribution < 1.29 is 29.3 Å². The van der Waals surface area contributed by atoms with Crippen molar-refractivity contribution in [2.24, 2.45) is 0 Å². The van der Waals surface area contributed by atoms with Crippen molar-refractivity contribution in [3.8, 4) is 11.5 Å². The molecule has 0 radical (unpaired) electrons. The number of hydrogen-bond acceptors (Lipinski definition) is 7. The van der Waals surface area contributed by atoms with Crippen LogP contribution in [0.4, 0.5) is 0 Å². The predicted octanol–water partition coefficient (Wildman–Crippen LogP) is 2.87. The second-order valence-corrected chi connectivity index (χ2v) is 5.19. The fraction of sp³-hybridized carbons (Fsp3) is 0.167. The van der Waals surface area contributed by atoms with Crippen LogP contribution in [-0.2, 0) is 27.6 Å². The molecule has 2 aromatic rings. The van der Waals surface area contributed by atoms with Gasteiger partial charge in [-0.2, -0.15) is 0 Å². The summed E-state index contributed by atoms with van der Waals surface area (Å²) < 4.78 is 10.1. The fourth-order valence-corrected chi connectivity index (χ4v) is 2.02. The van der Waals surface area contributed by atoms with Crippen LogP contribution >= 0.6 is 0 Å². The van der Waals surface area contributed by atoms with Gasteiger partial charge in [0.2, 0.25) is 0 Å². The lowest BCUT2D eigenvalue weighted by Crippen LogP contribution is -2.02. The first kappa shape index (κ1) is 18.8. The van der Waals surface area contributed by atoms with Crippen LogP contribution in [-0.4, -0.2) is 23.3 Å². The van der Waals surface area contributed by atoms with E-state index in [-0.39, 0.29) is 19.0 Å². The van der Waals surface area contributed by atoms with Crippen molar-refractivity contribution in [2.45, 2.75) is 13.2 Å². The van der Waals surface area contributed by atoms with E-state index in [1.807, 2.05) is 0 Å². The van der Waals surface area contributed by atoms with E-state index in [1.165, 1.54) is 19.3 Å². The predicted molar refractivity (Wildman–Crippen MR) is 91.7 cm³/mol. The normalized spacial score (nSPS) is 10.5. The Balaban J connectivity index is 1.85. The summed E-state index contributed by atoms with van der Waals surface area (Å²) >= 11 is 0. The van der Waals surface area contributed by atoms with Gasteiger partial charge in [0.25, 0.3) is 5.09 Å². The number of methoxy groups -OCH3 is 1. The molecule has 0 fully saturated rings. The molecule has 0 aliphatic carbocycles. The molecule has 0 aliphatic rings. The molecule has 136 valence electrons. The van der Waals surface area contributed by atoms with E-state index < -0.39 is 11.1 Å². The zero-order valence-corrected chi connectivity index (χ0v) is 14.0. The van der Waals surface area contributed by atoms with Crippen molar-refractivity contribution in [3.05, 3.63) is 75.3 Å². The lowest BCUT2D eigenvalue weighted by Gasteiger charge is -2.05. The number of phenolic OH excluding ortho intramolecular Hbond substituents is 1. The molecule has 0 saturated heterocycles. The Morgan fingerprint density at radius 2 is 1.81 bits per heavy atom. The summed E-state index contributed by atoms with van der Waals surface area (Å²) in [5.41, 5.74) is 2.05. The first-order valence-corrected chi connectivity index (χ1v) is 7.55. The minimum absolute atomic E-state index is 0.0132. The van der Waals surface area contributed by atoms with E-state index in [4.69, 9.17) is 9.47 Å². The third-order valence-electron chi connectivity index (χ3n) is 3.36. The van der Waals surface area contributed by atoms with Gasteiger partial charge in [-0.25, -0.2) is 4.79 Å². The smallest absolute Gasteiger partial charge is 0.331 e. The molecule has 0 spiro atoms. The van der Waals surface area contributed by atoms with E-state index in [0.29, 0.717) is 16.9 Å². The highest BCUT2D eigenvalue weighted by Gasteiger charge is 2.03. The highest BCUT2D eigenvalue weighted by Crippen LogP contribution is 2.26. The van der Waals surface area contributed by atoms with Crippen molar-refractivity contribution in [1.82, 2.24) is 0 Å². The topological polar surface area (TPSA) is 108 Å². The van der Waals surface area contributed by atoms with Gasteiger partial charge in [0.05, 0.1) is 7.11 Å². The van der Waals surface area contributed by atoms with Crippen LogP contribution < -0.4 is 4.74 Å². The van der Waals surface area contributed by atoms with Crippen LogP contribution in [0.25, 0.3) is 6.08 Å². The molecular formula is C18H17NO7. The molecule has 1 N–H and O–H groups in total. The third kappa shape index (κ3) is 5.82. The van der Waals surface area contributed by atoms with Crippen molar-refractivity contribution in [3.63, 3.8) is 0 Å². The number of carbonyl (C=O) groups excluding carboxylic acids is 1. The summed E-state index contributed by atoms with van der Waals surface area (Å²) in [6.07, 6.45) is 2.81. The van der Waals surface area contributed by atoms with E-state index in [2.05, 4.69) is 4.84 Å². The van der Waals surface area contributed by atoms with Crippen LogP contribution in [0.2, 0.25) is 0 Å². The first-order chi connectivity index (χ1) is 12.5. The monoisotopic (exact) mass is 359 g/mol. The third-order valence-corrected chi connectivity index (χ3v) is 3.36. The quantitative estimate of drug-likeness (QED) is 0.334. The molecule has 0 heterocycles. The highest BCUT2D eigenvalue weighted by atomic mass is 16.9. The minimum Gasteiger partial charge on any atom is -0.504 e. The SMILES string of the molecule is COc1cc(C=CC(=O)OCc2ccc(CO[N+](=O)[O-])cc2)ccc1O. The summed E-state index contributed by atoms with van der Waals surface area (Å²) in [5, 5.41) is 18.8. The number of phenols is 1. The minimum atomic E-state index is -0.855. The second-order valence-electron chi connectivity index (χ2n) is 5.19.